The van der Waals surface area contributed by atoms with E-state index in [4.69, 9.17) is 4.74 Å². The first-order valence-electron chi connectivity index (χ1n) is 10.7. The summed E-state index contributed by atoms with van der Waals surface area (Å²) < 4.78 is 5.50. The van der Waals surface area contributed by atoms with Crippen molar-refractivity contribution in [2.24, 2.45) is 0 Å². The minimum Gasteiger partial charge on any atom is -0.492 e. The van der Waals surface area contributed by atoms with Crippen LogP contribution < -0.4 is 20.3 Å². The zero-order valence-corrected chi connectivity index (χ0v) is 18.8. The Balaban J connectivity index is 1.65. The first-order chi connectivity index (χ1) is 14.9. The summed E-state index contributed by atoms with van der Waals surface area (Å²) in [6.07, 6.45) is 2.20. The predicted molar refractivity (Wildman–Crippen MR) is 124 cm³/mol. The molecule has 31 heavy (non-hydrogen) atoms. The number of ether oxygens (including phenoxy) is 1. The van der Waals surface area contributed by atoms with Gasteiger partial charge in [0.2, 0.25) is 0 Å². The standard InChI is InChI=1S/C24H32N4O3/c1-5-31-22-11-7-6-10-19(22)26-24(30)23(29)25-16-21(27(2)3)18-12-13-20-17(15-18)9-8-14-28(20)4/h6-7,10-13,15,21H,5,8-9,14,16H2,1-4H3,(H,25,29)(H,26,30)/t21-/m0/s1. The van der Waals surface area contributed by atoms with Crippen molar-refractivity contribution in [3.8, 4) is 5.75 Å². The Morgan fingerprint density at radius 3 is 2.68 bits per heavy atom. The van der Waals surface area contributed by atoms with Crippen LogP contribution in [0.4, 0.5) is 11.4 Å². The van der Waals surface area contributed by atoms with E-state index in [2.05, 4.69) is 45.7 Å². The highest BCUT2D eigenvalue weighted by atomic mass is 16.5. The lowest BCUT2D eigenvalue weighted by molar-refractivity contribution is -0.136. The maximum atomic E-state index is 12.5. The molecule has 2 aromatic carbocycles. The molecule has 7 nitrogen and oxygen atoms in total. The number of likely N-dealkylation sites (N-methyl/N-ethyl adjacent to an activating group) is 1. The topological polar surface area (TPSA) is 73.9 Å². The molecular formula is C24H32N4O3. The fourth-order valence-electron chi connectivity index (χ4n) is 3.91. The number of anilines is 2. The molecule has 0 fully saturated rings. The van der Waals surface area contributed by atoms with Crippen LogP contribution in [0, 0.1) is 0 Å². The number of fused-ring (bicyclic) bond motifs is 1. The Kier molecular flexibility index (Phi) is 7.52. The average molecular weight is 425 g/mol. The van der Waals surface area contributed by atoms with Gasteiger partial charge in [0, 0.05) is 25.8 Å². The van der Waals surface area contributed by atoms with Crippen LogP contribution in [0.1, 0.15) is 30.5 Å². The van der Waals surface area contributed by atoms with E-state index in [1.54, 1.807) is 18.2 Å². The predicted octanol–water partition coefficient (Wildman–Crippen LogP) is 2.83. The molecule has 1 atom stereocenters. The normalized spacial score (nSPS) is 14.0. The Hall–Kier alpha value is -3.06. The second-order valence-corrected chi connectivity index (χ2v) is 7.99. The zero-order chi connectivity index (χ0) is 22.4. The molecule has 2 aromatic rings. The molecule has 166 valence electrons. The van der Waals surface area contributed by atoms with Gasteiger partial charge in [0.15, 0.2) is 0 Å². The molecule has 1 heterocycles. The van der Waals surface area contributed by atoms with Crippen molar-refractivity contribution in [2.75, 3.05) is 51.1 Å². The highest BCUT2D eigenvalue weighted by molar-refractivity contribution is 6.39. The first kappa shape index (κ1) is 22.6. The molecule has 2 N–H and O–H groups in total. The summed E-state index contributed by atoms with van der Waals surface area (Å²) in [5, 5.41) is 5.42. The van der Waals surface area contributed by atoms with E-state index in [-0.39, 0.29) is 6.04 Å². The van der Waals surface area contributed by atoms with Gasteiger partial charge >= 0.3 is 11.8 Å². The minimum atomic E-state index is -0.711. The number of aryl methyl sites for hydroxylation is 1. The van der Waals surface area contributed by atoms with Crippen molar-refractivity contribution < 1.29 is 14.3 Å². The summed E-state index contributed by atoms with van der Waals surface area (Å²) in [5.74, 6) is -0.844. The highest BCUT2D eigenvalue weighted by Gasteiger charge is 2.22. The van der Waals surface area contributed by atoms with Gasteiger partial charge in [-0.1, -0.05) is 24.3 Å². The van der Waals surface area contributed by atoms with Gasteiger partial charge in [-0.25, -0.2) is 0 Å². The van der Waals surface area contributed by atoms with E-state index < -0.39 is 11.8 Å². The van der Waals surface area contributed by atoms with Gasteiger partial charge in [-0.05, 0) is 63.2 Å². The second kappa shape index (κ2) is 10.3. The quantitative estimate of drug-likeness (QED) is 0.669. The maximum absolute atomic E-state index is 12.5. The Bertz CT molecular complexity index is 929. The Morgan fingerprint density at radius 1 is 1.16 bits per heavy atom. The monoisotopic (exact) mass is 424 g/mol. The van der Waals surface area contributed by atoms with Crippen LogP contribution in [0.2, 0.25) is 0 Å². The number of benzene rings is 2. The van der Waals surface area contributed by atoms with E-state index >= 15 is 0 Å². The number of carbonyl (C=O) groups is 2. The average Bonchev–Trinajstić information content (AvgIpc) is 2.75. The molecule has 0 saturated heterocycles. The number of nitrogens with zero attached hydrogens (tertiary/aromatic N) is 2. The van der Waals surface area contributed by atoms with Crippen LogP contribution in [0.25, 0.3) is 0 Å². The Labute approximate surface area is 184 Å². The van der Waals surface area contributed by atoms with Crippen molar-refractivity contribution in [3.63, 3.8) is 0 Å². The van der Waals surface area contributed by atoms with Crippen molar-refractivity contribution in [1.29, 1.82) is 0 Å². The molecular weight excluding hydrogens is 392 g/mol. The number of hydrogen-bond donors (Lipinski definition) is 2. The van der Waals surface area contributed by atoms with Gasteiger partial charge in [-0.3, -0.25) is 9.59 Å². The SMILES string of the molecule is CCOc1ccccc1NC(=O)C(=O)NC[C@@H](c1ccc2c(c1)CCCN2C)N(C)C. The molecule has 1 aliphatic heterocycles. The van der Waals surface area contributed by atoms with Crippen molar-refractivity contribution in [1.82, 2.24) is 10.2 Å². The molecule has 2 amide bonds. The van der Waals surface area contributed by atoms with E-state index in [0.717, 1.165) is 24.9 Å². The summed E-state index contributed by atoms with van der Waals surface area (Å²) in [6, 6.07) is 13.5. The van der Waals surface area contributed by atoms with Crippen LogP contribution in [0.3, 0.4) is 0 Å². The number of hydrogen-bond acceptors (Lipinski definition) is 5. The molecule has 0 saturated carbocycles. The zero-order valence-electron chi connectivity index (χ0n) is 18.8. The fraction of sp³-hybridized carbons (Fsp3) is 0.417. The molecule has 0 spiro atoms. The summed E-state index contributed by atoms with van der Waals surface area (Å²) >= 11 is 0. The maximum Gasteiger partial charge on any atom is 0.313 e. The van der Waals surface area contributed by atoms with E-state index in [1.165, 1.54) is 11.3 Å². The van der Waals surface area contributed by atoms with Crippen LogP contribution in [-0.2, 0) is 16.0 Å². The second-order valence-electron chi connectivity index (χ2n) is 7.99. The van der Waals surface area contributed by atoms with Crippen LogP contribution in [0.5, 0.6) is 5.75 Å². The summed E-state index contributed by atoms with van der Waals surface area (Å²) in [6.45, 7) is 3.74. The largest absolute Gasteiger partial charge is 0.492 e. The van der Waals surface area contributed by atoms with Crippen LogP contribution in [-0.4, -0.2) is 57.6 Å². The van der Waals surface area contributed by atoms with Gasteiger partial charge in [-0.2, -0.15) is 0 Å². The van der Waals surface area contributed by atoms with Crippen molar-refractivity contribution in [2.45, 2.75) is 25.8 Å². The number of nitrogens with one attached hydrogen (secondary N) is 2. The minimum absolute atomic E-state index is 0.0370. The summed E-state index contributed by atoms with van der Waals surface area (Å²) in [4.78, 5) is 29.2. The number of carbonyl (C=O) groups excluding carboxylic acids is 2. The van der Waals surface area contributed by atoms with Crippen molar-refractivity contribution in [3.05, 3.63) is 53.6 Å². The number of rotatable bonds is 7. The molecule has 0 aromatic heterocycles. The van der Waals surface area contributed by atoms with Gasteiger partial charge in [0.05, 0.1) is 18.3 Å². The molecule has 7 heteroatoms. The summed E-state index contributed by atoms with van der Waals surface area (Å²) in [5.41, 5.74) is 4.20. The van der Waals surface area contributed by atoms with Gasteiger partial charge < -0.3 is 25.2 Å². The van der Waals surface area contributed by atoms with Gasteiger partial charge in [-0.15, -0.1) is 0 Å². The molecule has 0 bridgehead atoms. The third kappa shape index (κ3) is 5.55. The van der Waals surface area contributed by atoms with E-state index in [9.17, 15) is 9.59 Å². The van der Waals surface area contributed by atoms with Crippen LogP contribution >= 0.6 is 0 Å². The lowest BCUT2D eigenvalue weighted by Gasteiger charge is -2.30. The van der Waals surface area contributed by atoms with Gasteiger partial charge in [0.25, 0.3) is 0 Å². The van der Waals surface area contributed by atoms with Gasteiger partial charge in [0.1, 0.15) is 5.75 Å². The van der Waals surface area contributed by atoms with Crippen molar-refractivity contribution >= 4 is 23.2 Å². The number of para-hydroxylation sites is 2. The summed E-state index contributed by atoms with van der Waals surface area (Å²) in [7, 11) is 6.06. The van der Waals surface area contributed by atoms with E-state index in [1.807, 2.05) is 27.1 Å². The fourth-order valence-corrected chi connectivity index (χ4v) is 3.91. The molecule has 0 unspecified atom stereocenters. The highest BCUT2D eigenvalue weighted by Crippen LogP contribution is 2.30. The molecule has 1 aliphatic rings. The molecule has 3 rings (SSSR count). The molecule has 0 aliphatic carbocycles. The number of amides is 2. The first-order valence-corrected chi connectivity index (χ1v) is 10.7. The Morgan fingerprint density at radius 2 is 1.94 bits per heavy atom. The lowest BCUT2D eigenvalue weighted by atomic mass is 9.96. The van der Waals surface area contributed by atoms with E-state index in [0.29, 0.717) is 24.6 Å². The molecule has 0 radical (unpaired) electrons. The third-order valence-electron chi connectivity index (χ3n) is 5.56. The smallest absolute Gasteiger partial charge is 0.313 e. The van der Waals surface area contributed by atoms with Crippen LogP contribution in [0.15, 0.2) is 42.5 Å². The third-order valence-corrected chi connectivity index (χ3v) is 5.56. The lowest BCUT2D eigenvalue weighted by Crippen LogP contribution is -2.40.